The quantitative estimate of drug-likeness (QED) is 0.693. The maximum absolute atomic E-state index is 11.7. The smallest absolute Gasteiger partial charge is 0.315 e. The summed E-state index contributed by atoms with van der Waals surface area (Å²) in [5.74, 6) is -2.17. The lowest BCUT2D eigenvalue weighted by Gasteiger charge is -2.25. The van der Waals surface area contributed by atoms with Gasteiger partial charge in [0.15, 0.2) is 0 Å². The van der Waals surface area contributed by atoms with Crippen molar-refractivity contribution in [3.63, 3.8) is 0 Å². The van der Waals surface area contributed by atoms with Gasteiger partial charge in [-0.25, -0.2) is 0 Å². The Hall–Kier alpha value is -1.06. The zero-order chi connectivity index (χ0) is 10.7. The van der Waals surface area contributed by atoms with E-state index in [1.54, 1.807) is 4.90 Å². The first-order valence-corrected chi connectivity index (χ1v) is 5.11. The van der Waals surface area contributed by atoms with Crippen LogP contribution in [-0.2, 0) is 9.59 Å². The van der Waals surface area contributed by atoms with Crippen molar-refractivity contribution in [2.45, 2.75) is 39.2 Å². The minimum atomic E-state index is -1.03. The first-order valence-electron chi connectivity index (χ1n) is 5.11. The van der Waals surface area contributed by atoms with Crippen LogP contribution in [-0.4, -0.2) is 34.5 Å². The van der Waals surface area contributed by atoms with Crippen molar-refractivity contribution in [1.29, 1.82) is 0 Å². The number of carboxylic acid groups (broad SMARTS) is 1. The SMILES string of the molecule is CCC1CCCN1C(=O)C(C)C(=O)O. The molecule has 4 nitrogen and oxygen atoms in total. The fraction of sp³-hybridized carbons (Fsp3) is 0.800. The Labute approximate surface area is 83.9 Å². The summed E-state index contributed by atoms with van der Waals surface area (Å²) in [6.45, 7) is 4.20. The average Bonchev–Trinajstić information content (AvgIpc) is 2.62. The van der Waals surface area contributed by atoms with Gasteiger partial charge in [0.1, 0.15) is 5.92 Å². The number of aliphatic carboxylic acids is 1. The maximum Gasteiger partial charge on any atom is 0.315 e. The van der Waals surface area contributed by atoms with Crippen LogP contribution >= 0.6 is 0 Å². The van der Waals surface area contributed by atoms with Crippen LogP contribution < -0.4 is 0 Å². The third-order valence-electron chi connectivity index (χ3n) is 2.87. The molecule has 1 fully saturated rings. The highest BCUT2D eigenvalue weighted by Gasteiger charge is 2.32. The highest BCUT2D eigenvalue weighted by atomic mass is 16.4. The van der Waals surface area contributed by atoms with Crippen molar-refractivity contribution in [2.75, 3.05) is 6.54 Å². The van der Waals surface area contributed by atoms with Crippen molar-refractivity contribution >= 4 is 11.9 Å². The van der Waals surface area contributed by atoms with Crippen LogP contribution in [0.5, 0.6) is 0 Å². The fourth-order valence-corrected chi connectivity index (χ4v) is 1.90. The average molecular weight is 199 g/mol. The van der Waals surface area contributed by atoms with E-state index < -0.39 is 11.9 Å². The molecule has 0 aromatic heterocycles. The summed E-state index contributed by atoms with van der Waals surface area (Å²) in [4.78, 5) is 24.1. The summed E-state index contributed by atoms with van der Waals surface area (Å²) in [6, 6.07) is 0.254. The molecule has 0 aromatic carbocycles. The number of amides is 1. The number of carbonyl (C=O) groups excluding carboxylic acids is 1. The van der Waals surface area contributed by atoms with Crippen molar-refractivity contribution in [3.8, 4) is 0 Å². The molecule has 0 saturated carbocycles. The Balaban J connectivity index is 2.64. The van der Waals surface area contributed by atoms with Gasteiger partial charge in [-0.2, -0.15) is 0 Å². The Morgan fingerprint density at radius 3 is 2.71 bits per heavy atom. The van der Waals surface area contributed by atoms with Crippen LogP contribution in [0.15, 0.2) is 0 Å². The van der Waals surface area contributed by atoms with E-state index in [2.05, 4.69) is 0 Å². The van der Waals surface area contributed by atoms with Gasteiger partial charge in [0.2, 0.25) is 5.91 Å². The molecule has 1 aliphatic rings. The molecule has 1 saturated heterocycles. The normalized spacial score (nSPS) is 23.6. The second-order valence-corrected chi connectivity index (χ2v) is 3.80. The van der Waals surface area contributed by atoms with Crippen LogP contribution in [0.4, 0.5) is 0 Å². The first kappa shape index (κ1) is 11.0. The number of hydrogen-bond acceptors (Lipinski definition) is 2. The van der Waals surface area contributed by atoms with Crippen molar-refractivity contribution in [2.24, 2.45) is 5.92 Å². The molecule has 1 N–H and O–H groups in total. The molecule has 1 amide bonds. The molecule has 1 heterocycles. The third kappa shape index (κ3) is 2.05. The largest absolute Gasteiger partial charge is 0.481 e. The Kier molecular flexibility index (Phi) is 3.49. The van der Waals surface area contributed by atoms with E-state index in [1.165, 1.54) is 6.92 Å². The summed E-state index contributed by atoms with van der Waals surface area (Å²) in [5, 5.41) is 8.72. The van der Waals surface area contributed by atoms with Crippen LogP contribution in [0.1, 0.15) is 33.1 Å². The van der Waals surface area contributed by atoms with Crippen molar-refractivity contribution in [3.05, 3.63) is 0 Å². The topological polar surface area (TPSA) is 57.6 Å². The highest BCUT2D eigenvalue weighted by Crippen LogP contribution is 2.21. The summed E-state index contributed by atoms with van der Waals surface area (Å²) >= 11 is 0. The molecule has 2 unspecified atom stereocenters. The Bertz CT molecular complexity index is 240. The van der Waals surface area contributed by atoms with Gasteiger partial charge in [0.25, 0.3) is 0 Å². The van der Waals surface area contributed by atoms with E-state index in [9.17, 15) is 9.59 Å². The van der Waals surface area contributed by atoms with E-state index >= 15 is 0 Å². The minimum absolute atomic E-state index is 0.234. The molecule has 0 spiro atoms. The number of rotatable bonds is 3. The van der Waals surface area contributed by atoms with Crippen molar-refractivity contribution < 1.29 is 14.7 Å². The lowest BCUT2D eigenvalue weighted by Crippen LogP contribution is -2.40. The van der Waals surface area contributed by atoms with Gasteiger partial charge >= 0.3 is 5.97 Å². The van der Waals surface area contributed by atoms with Gasteiger partial charge in [-0.1, -0.05) is 6.92 Å². The third-order valence-corrected chi connectivity index (χ3v) is 2.87. The molecule has 80 valence electrons. The molecule has 4 heteroatoms. The molecule has 0 bridgehead atoms. The van der Waals surface area contributed by atoms with Crippen LogP contribution in [0.2, 0.25) is 0 Å². The zero-order valence-corrected chi connectivity index (χ0v) is 8.69. The summed E-state index contributed by atoms with van der Waals surface area (Å²) in [5.41, 5.74) is 0. The van der Waals surface area contributed by atoms with Gasteiger partial charge in [-0.15, -0.1) is 0 Å². The molecule has 0 radical (unpaired) electrons. The second-order valence-electron chi connectivity index (χ2n) is 3.80. The molecule has 1 rings (SSSR count). The predicted octanol–water partition coefficient (Wildman–Crippen LogP) is 1.11. The molecular formula is C10H17NO3. The number of likely N-dealkylation sites (tertiary alicyclic amines) is 1. The van der Waals surface area contributed by atoms with Gasteiger partial charge in [-0.05, 0) is 26.2 Å². The number of carboxylic acids is 1. The van der Waals surface area contributed by atoms with Gasteiger partial charge in [-0.3, -0.25) is 9.59 Å². The minimum Gasteiger partial charge on any atom is -0.481 e. The standard InChI is InChI=1S/C10H17NO3/c1-3-8-5-4-6-11(8)9(12)7(2)10(13)14/h7-8H,3-6H2,1-2H3,(H,13,14). The van der Waals surface area contributed by atoms with Gasteiger partial charge in [0.05, 0.1) is 0 Å². The number of hydrogen-bond donors (Lipinski definition) is 1. The molecule has 0 aromatic rings. The Morgan fingerprint density at radius 2 is 2.21 bits per heavy atom. The van der Waals surface area contributed by atoms with Gasteiger partial charge < -0.3 is 10.0 Å². The van der Waals surface area contributed by atoms with Gasteiger partial charge in [0, 0.05) is 12.6 Å². The molecular weight excluding hydrogens is 182 g/mol. The van der Waals surface area contributed by atoms with Crippen LogP contribution in [0, 0.1) is 5.92 Å². The lowest BCUT2D eigenvalue weighted by atomic mass is 10.1. The zero-order valence-electron chi connectivity index (χ0n) is 8.69. The van der Waals surface area contributed by atoms with Crippen molar-refractivity contribution in [1.82, 2.24) is 4.90 Å². The molecule has 2 atom stereocenters. The highest BCUT2D eigenvalue weighted by molar-refractivity contribution is 5.96. The number of carbonyl (C=O) groups is 2. The monoisotopic (exact) mass is 199 g/mol. The van der Waals surface area contributed by atoms with E-state index in [0.717, 1.165) is 25.8 Å². The first-order chi connectivity index (χ1) is 6.57. The Morgan fingerprint density at radius 1 is 1.57 bits per heavy atom. The van der Waals surface area contributed by atoms with E-state index in [4.69, 9.17) is 5.11 Å². The summed E-state index contributed by atoms with van der Waals surface area (Å²) in [7, 11) is 0. The van der Waals surface area contributed by atoms with E-state index in [-0.39, 0.29) is 11.9 Å². The molecule has 1 aliphatic heterocycles. The van der Waals surface area contributed by atoms with E-state index in [0.29, 0.717) is 0 Å². The van der Waals surface area contributed by atoms with E-state index in [1.807, 2.05) is 6.92 Å². The maximum atomic E-state index is 11.7. The fourth-order valence-electron chi connectivity index (χ4n) is 1.90. The van der Waals surface area contributed by atoms with Crippen LogP contribution in [0.3, 0.4) is 0 Å². The predicted molar refractivity (Wildman–Crippen MR) is 51.8 cm³/mol. The number of nitrogens with zero attached hydrogens (tertiary/aromatic N) is 1. The summed E-state index contributed by atoms with van der Waals surface area (Å²) < 4.78 is 0. The molecule has 14 heavy (non-hydrogen) atoms. The lowest BCUT2D eigenvalue weighted by molar-refractivity contribution is -0.150. The molecule has 0 aliphatic carbocycles. The van der Waals surface area contributed by atoms with Crippen LogP contribution in [0.25, 0.3) is 0 Å². The second kappa shape index (κ2) is 4.44. The summed E-state index contributed by atoms with van der Waals surface area (Å²) in [6.07, 6.45) is 2.92.